The summed E-state index contributed by atoms with van der Waals surface area (Å²) in [4.78, 5) is 2.30. The second-order valence-corrected chi connectivity index (χ2v) is 6.49. The maximum atomic E-state index is 10.3. The van der Waals surface area contributed by atoms with Crippen LogP contribution in [0.3, 0.4) is 0 Å². The number of rotatable bonds is 5. The van der Waals surface area contributed by atoms with E-state index in [9.17, 15) is 5.11 Å². The van der Waals surface area contributed by atoms with Crippen molar-refractivity contribution < 1.29 is 14.6 Å². The molecule has 1 aromatic rings. The monoisotopic (exact) mass is 305 g/mol. The largest absolute Gasteiger partial charge is 0.389 e. The Kier molecular flexibility index (Phi) is 5.34. The predicted octanol–water partition coefficient (Wildman–Crippen LogP) is 2.56. The first-order valence-electron chi connectivity index (χ1n) is 8.45. The lowest BCUT2D eigenvalue weighted by atomic mass is 9.91. The number of hydrogen-bond donors (Lipinski definition) is 1. The molecule has 2 aliphatic rings. The van der Waals surface area contributed by atoms with Crippen LogP contribution < -0.4 is 4.90 Å². The van der Waals surface area contributed by atoms with Crippen LogP contribution >= 0.6 is 0 Å². The van der Waals surface area contributed by atoms with Gasteiger partial charge in [-0.15, -0.1) is 0 Å². The topological polar surface area (TPSA) is 41.9 Å². The zero-order chi connectivity index (χ0) is 15.4. The summed E-state index contributed by atoms with van der Waals surface area (Å²) >= 11 is 0. The van der Waals surface area contributed by atoms with Crippen molar-refractivity contribution in [1.29, 1.82) is 0 Å². The molecule has 0 radical (unpaired) electrons. The average molecular weight is 305 g/mol. The highest BCUT2D eigenvalue weighted by atomic mass is 16.5. The highest BCUT2D eigenvalue weighted by Gasteiger charge is 2.24. The molecular weight excluding hydrogens is 278 g/mol. The van der Waals surface area contributed by atoms with Crippen LogP contribution in [0.25, 0.3) is 0 Å². The molecule has 2 unspecified atom stereocenters. The van der Waals surface area contributed by atoms with Gasteiger partial charge in [-0.3, -0.25) is 0 Å². The molecule has 1 saturated heterocycles. The molecule has 0 amide bonds. The van der Waals surface area contributed by atoms with E-state index >= 15 is 0 Å². The van der Waals surface area contributed by atoms with E-state index in [0.717, 1.165) is 39.0 Å². The summed E-state index contributed by atoms with van der Waals surface area (Å²) in [5, 5.41) is 10.3. The lowest BCUT2D eigenvalue weighted by molar-refractivity contribution is -0.0575. The number of hydrogen-bond acceptors (Lipinski definition) is 4. The molecule has 0 saturated carbocycles. The Morgan fingerprint density at radius 1 is 1.27 bits per heavy atom. The highest BCUT2D eigenvalue weighted by molar-refractivity contribution is 5.57. The summed E-state index contributed by atoms with van der Waals surface area (Å²) in [5.41, 5.74) is 2.66. The summed E-state index contributed by atoms with van der Waals surface area (Å²) < 4.78 is 11.2. The van der Waals surface area contributed by atoms with Gasteiger partial charge in [-0.05, 0) is 36.8 Å². The van der Waals surface area contributed by atoms with Crippen LogP contribution in [0.1, 0.15) is 37.7 Å². The van der Waals surface area contributed by atoms with Crippen molar-refractivity contribution in [3.8, 4) is 0 Å². The number of aliphatic hydroxyl groups excluding tert-OH is 1. The number of ether oxygens (including phenoxy) is 2. The second-order valence-electron chi connectivity index (χ2n) is 6.49. The van der Waals surface area contributed by atoms with E-state index in [1.54, 1.807) is 0 Å². The molecule has 22 heavy (non-hydrogen) atoms. The molecule has 122 valence electrons. The van der Waals surface area contributed by atoms with E-state index < -0.39 is 6.10 Å². The SMILES string of the molecule is CC1CCN(CC(O)COC2CCOCC2)c2ccccc21. The second kappa shape index (κ2) is 7.44. The molecule has 3 rings (SSSR count). The minimum Gasteiger partial charge on any atom is -0.389 e. The Morgan fingerprint density at radius 2 is 2.05 bits per heavy atom. The Hall–Kier alpha value is -1.10. The molecule has 2 atom stereocenters. The van der Waals surface area contributed by atoms with Crippen LogP contribution in [0.4, 0.5) is 5.69 Å². The fourth-order valence-electron chi connectivity index (χ4n) is 3.40. The number of nitrogens with zero attached hydrogens (tertiary/aromatic N) is 1. The summed E-state index contributed by atoms with van der Waals surface area (Å²) in [7, 11) is 0. The zero-order valence-electron chi connectivity index (χ0n) is 13.4. The number of fused-ring (bicyclic) bond motifs is 1. The molecule has 1 fully saturated rings. The summed E-state index contributed by atoms with van der Waals surface area (Å²) in [6, 6.07) is 8.55. The van der Waals surface area contributed by atoms with Crippen molar-refractivity contribution >= 4 is 5.69 Å². The predicted molar refractivity (Wildman–Crippen MR) is 87.5 cm³/mol. The molecule has 1 aromatic carbocycles. The van der Waals surface area contributed by atoms with Crippen molar-refractivity contribution in [2.45, 2.75) is 44.3 Å². The fraction of sp³-hybridized carbons (Fsp3) is 0.667. The van der Waals surface area contributed by atoms with Crippen molar-refractivity contribution in [2.24, 2.45) is 0 Å². The smallest absolute Gasteiger partial charge is 0.0948 e. The van der Waals surface area contributed by atoms with Gasteiger partial charge in [0.2, 0.25) is 0 Å². The van der Waals surface area contributed by atoms with Crippen molar-refractivity contribution in [3.05, 3.63) is 29.8 Å². The van der Waals surface area contributed by atoms with Crippen LogP contribution in [-0.2, 0) is 9.47 Å². The minimum absolute atomic E-state index is 0.247. The van der Waals surface area contributed by atoms with E-state index in [1.807, 2.05) is 0 Å². The number of β-amino-alcohol motifs (C(OH)–C–C–N with tert-alkyl or cyclic N) is 1. The van der Waals surface area contributed by atoms with Gasteiger partial charge >= 0.3 is 0 Å². The van der Waals surface area contributed by atoms with E-state index in [2.05, 4.69) is 36.1 Å². The molecule has 0 aliphatic carbocycles. The molecule has 0 aromatic heterocycles. The van der Waals surface area contributed by atoms with Crippen molar-refractivity contribution in [3.63, 3.8) is 0 Å². The van der Waals surface area contributed by atoms with Gasteiger partial charge in [0.25, 0.3) is 0 Å². The molecule has 1 N–H and O–H groups in total. The Bertz CT molecular complexity index is 473. The molecule has 2 heterocycles. The maximum absolute atomic E-state index is 10.3. The molecule has 4 heteroatoms. The fourth-order valence-corrected chi connectivity index (χ4v) is 3.40. The first kappa shape index (κ1) is 15.8. The van der Waals surface area contributed by atoms with Crippen LogP contribution in [0.15, 0.2) is 24.3 Å². The number of anilines is 1. The van der Waals surface area contributed by atoms with Gasteiger partial charge in [0.15, 0.2) is 0 Å². The van der Waals surface area contributed by atoms with E-state index in [-0.39, 0.29) is 6.10 Å². The quantitative estimate of drug-likeness (QED) is 0.908. The summed E-state index contributed by atoms with van der Waals surface area (Å²) in [6.07, 6.45) is 2.83. The van der Waals surface area contributed by atoms with Crippen LogP contribution in [0, 0.1) is 0 Å². The average Bonchev–Trinajstić information content (AvgIpc) is 2.57. The molecule has 0 spiro atoms. The minimum atomic E-state index is -0.440. The highest BCUT2D eigenvalue weighted by Crippen LogP contribution is 2.34. The first-order chi connectivity index (χ1) is 10.7. The first-order valence-corrected chi connectivity index (χ1v) is 8.45. The van der Waals surface area contributed by atoms with E-state index in [0.29, 0.717) is 19.1 Å². The number of para-hydroxylation sites is 1. The van der Waals surface area contributed by atoms with Gasteiger partial charge < -0.3 is 19.5 Å². The van der Waals surface area contributed by atoms with E-state index in [4.69, 9.17) is 9.47 Å². The van der Waals surface area contributed by atoms with Crippen LogP contribution in [0.2, 0.25) is 0 Å². The molecule has 4 nitrogen and oxygen atoms in total. The van der Waals surface area contributed by atoms with Gasteiger partial charge in [-0.2, -0.15) is 0 Å². The van der Waals surface area contributed by atoms with Gasteiger partial charge in [0.05, 0.1) is 18.8 Å². The van der Waals surface area contributed by atoms with Gasteiger partial charge in [0.1, 0.15) is 0 Å². The standard InChI is InChI=1S/C18H27NO3/c1-14-6-9-19(18-5-3-2-4-17(14)18)12-15(20)13-22-16-7-10-21-11-8-16/h2-5,14-16,20H,6-13H2,1H3. The van der Waals surface area contributed by atoms with Gasteiger partial charge in [-0.1, -0.05) is 25.1 Å². The van der Waals surface area contributed by atoms with Crippen LogP contribution in [0.5, 0.6) is 0 Å². The van der Waals surface area contributed by atoms with Gasteiger partial charge in [-0.25, -0.2) is 0 Å². The van der Waals surface area contributed by atoms with E-state index in [1.165, 1.54) is 11.3 Å². The third-order valence-corrected chi connectivity index (χ3v) is 4.76. The normalized spacial score (nSPS) is 24.1. The van der Waals surface area contributed by atoms with Crippen LogP contribution in [-0.4, -0.2) is 50.2 Å². The lowest BCUT2D eigenvalue weighted by Gasteiger charge is -2.36. The number of benzene rings is 1. The summed E-state index contributed by atoms with van der Waals surface area (Å²) in [5.74, 6) is 0.600. The third-order valence-electron chi connectivity index (χ3n) is 4.76. The number of aliphatic hydroxyl groups is 1. The summed E-state index contributed by atoms with van der Waals surface area (Å²) in [6.45, 7) is 5.90. The Labute approximate surface area is 133 Å². The molecular formula is C18H27NO3. The lowest BCUT2D eigenvalue weighted by Crippen LogP contribution is -2.39. The Morgan fingerprint density at radius 3 is 2.86 bits per heavy atom. The molecule has 2 aliphatic heterocycles. The van der Waals surface area contributed by atoms with Crippen molar-refractivity contribution in [2.75, 3.05) is 37.8 Å². The Balaban J connectivity index is 1.53. The van der Waals surface area contributed by atoms with Crippen molar-refractivity contribution in [1.82, 2.24) is 0 Å². The zero-order valence-corrected chi connectivity index (χ0v) is 13.4. The van der Waals surface area contributed by atoms with Gasteiger partial charge in [0, 0.05) is 32.0 Å². The molecule has 0 bridgehead atoms. The third kappa shape index (κ3) is 3.80. The maximum Gasteiger partial charge on any atom is 0.0948 e.